The zero-order valence-electron chi connectivity index (χ0n) is 10.8. The highest BCUT2D eigenvalue weighted by Crippen LogP contribution is 2.19. The second-order valence-electron chi connectivity index (χ2n) is 4.48. The highest BCUT2D eigenvalue weighted by atomic mass is 16.5. The maximum atomic E-state index is 5.77. The van der Waals surface area contributed by atoms with Gasteiger partial charge >= 0.3 is 0 Å². The van der Waals surface area contributed by atoms with Gasteiger partial charge in [-0.25, -0.2) is 0 Å². The largest absolute Gasteiger partial charge is 0.491 e. The van der Waals surface area contributed by atoms with Crippen molar-refractivity contribution in [3.63, 3.8) is 0 Å². The molecule has 0 saturated carbocycles. The van der Waals surface area contributed by atoms with E-state index in [1.165, 1.54) is 5.56 Å². The summed E-state index contributed by atoms with van der Waals surface area (Å²) in [5.41, 5.74) is 2.33. The van der Waals surface area contributed by atoms with Gasteiger partial charge in [-0.15, -0.1) is 0 Å². The molecule has 0 unspecified atom stereocenters. The van der Waals surface area contributed by atoms with Crippen molar-refractivity contribution >= 4 is 0 Å². The summed E-state index contributed by atoms with van der Waals surface area (Å²) in [6.45, 7) is 5.66. The number of H-pyrrole nitrogens is 1. The Morgan fingerprint density at radius 3 is 2.83 bits per heavy atom. The first-order valence-electron chi connectivity index (χ1n) is 6.18. The molecule has 4 heteroatoms. The lowest BCUT2D eigenvalue weighted by atomic mass is 10.2. The third-order valence-electron chi connectivity index (χ3n) is 2.53. The normalized spacial score (nSPS) is 10.8. The standard InChI is InChI=1S/C14H19N3O/c1-11(2)18-14-6-4-3-5-13(14)10-15-7-12-8-16-17-9-12/h3-6,8-9,11,15H,7,10H2,1-2H3,(H,16,17). The van der Waals surface area contributed by atoms with Crippen molar-refractivity contribution in [2.24, 2.45) is 0 Å². The van der Waals surface area contributed by atoms with Crippen LogP contribution in [-0.2, 0) is 13.1 Å². The number of benzene rings is 1. The summed E-state index contributed by atoms with van der Waals surface area (Å²) in [6, 6.07) is 8.12. The van der Waals surface area contributed by atoms with Crippen molar-refractivity contribution in [2.75, 3.05) is 0 Å². The van der Waals surface area contributed by atoms with E-state index in [0.29, 0.717) is 0 Å². The van der Waals surface area contributed by atoms with E-state index in [9.17, 15) is 0 Å². The van der Waals surface area contributed by atoms with Crippen LogP contribution in [0.1, 0.15) is 25.0 Å². The molecule has 0 fully saturated rings. The number of hydrogen-bond acceptors (Lipinski definition) is 3. The summed E-state index contributed by atoms with van der Waals surface area (Å²) in [5.74, 6) is 0.951. The number of rotatable bonds is 6. The van der Waals surface area contributed by atoms with Crippen LogP contribution in [0.4, 0.5) is 0 Å². The summed E-state index contributed by atoms with van der Waals surface area (Å²) in [5, 5.41) is 10.1. The van der Waals surface area contributed by atoms with Crippen molar-refractivity contribution in [1.29, 1.82) is 0 Å². The van der Waals surface area contributed by atoms with E-state index in [1.54, 1.807) is 0 Å². The molecular formula is C14H19N3O. The van der Waals surface area contributed by atoms with Crippen LogP contribution in [0, 0.1) is 0 Å². The molecule has 0 saturated heterocycles. The van der Waals surface area contributed by atoms with Crippen molar-refractivity contribution < 1.29 is 4.74 Å². The number of aromatic amines is 1. The maximum absolute atomic E-state index is 5.77. The number of ether oxygens (including phenoxy) is 1. The molecule has 1 heterocycles. The lowest BCUT2D eigenvalue weighted by Crippen LogP contribution is -2.14. The average molecular weight is 245 g/mol. The van der Waals surface area contributed by atoms with Crippen LogP contribution < -0.4 is 10.1 Å². The second-order valence-corrected chi connectivity index (χ2v) is 4.48. The van der Waals surface area contributed by atoms with Crippen LogP contribution in [0.5, 0.6) is 5.75 Å². The van der Waals surface area contributed by atoms with E-state index >= 15 is 0 Å². The van der Waals surface area contributed by atoms with Crippen molar-refractivity contribution in [1.82, 2.24) is 15.5 Å². The Morgan fingerprint density at radius 1 is 1.28 bits per heavy atom. The van der Waals surface area contributed by atoms with Gasteiger partial charge in [-0.05, 0) is 19.9 Å². The zero-order chi connectivity index (χ0) is 12.8. The molecule has 0 aliphatic carbocycles. The van der Waals surface area contributed by atoms with Crippen LogP contribution >= 0.6 is 0 Å². The minimum atomic E-state index is 0.194. The van der Waals surface area contributed by atoms with Crippen LogP contribution in [0.25, 0.3) is 0 Å². The Bertz CT molecular complexity index is 466. The average Bonchev–Trinajstić information content (AvgIpc) is 2.84. The summed E-state index contributed by atoms with van der Waals surface area (Å²) in [6.07, 6.45) is 3.91. The molecule has 1 aromatic carbocycles. The Hall–Kier alpha value is -1.81. The topological polar surface area (TPSA) is 49.9 Å². The predicted octanol–water partition coefficient (Wildman–Crippen LogP) is 2.49. The number of hydrogen-bond donors (Lipinski definition) is 2. The van der Waals surface area contributed by atoms with Gasteiger partial charge in [0.25, 0.3) is 0 Å². The lowest BCUT2D eigenvalue weighted by molar-refractivity contribution is 0.239. The van der Waals surface area contributed by atoms with Gasteiger partial charge in [-0.3, -0.25) is 5.10 Å². The minimum Gasteiger partial charge on any atom is -0.491 e. The Morgan fingerprint density at radius 2 is 2.11 bits per heavy atom. The fourth-order valence-electron chi connectivity index (χ4n) is 1.73. The Kier molecular flexibility index (Phi) is 4.36. The van der Waals surface area contributed by atoms with Crippen LogP contribution in [0.15, 0.2) is 36.7 Å². The van der Waals surface area contributed by atoms with Crippen molar-refractivity contribution in [2.45, 2.75) is 33.0 Å². The van der Waals surface area contributed by atoms with E-state index in [-0.39, 0.29) is 6.10 Å². The Labute approximate surface area is 107 Å². The van der Waals surface area contributed by atoms with E-state index < -0.39 is 0 Å². The van der Waals surface area contributed by atoms with Gasteiger partial charge in [0.15, 0.2) is 0 Å². The molecule has 0 atom stereocenters. The van der Waals surface area contributed by atoms with E-state index in [1.807, 2.05) is 44.4 Å². The smallest absolute Gasteiger partial charge is 0.124 e. The zero-order valence-corrected chi connectivity index (χ0v) is 10.8. The summed E-state index contributed by atoms with van der Waals surface area (Å²) < 4.78 is 5.77. The molecule has 2 aromatic rings. The number of aromatic nitrogens is 2. The molecule has 4 nitrogen and oxygen atoms in total. The summed E-state index contributed by atoms with van der Waals surface area (Å²) >= 11 is 0. The molecule has 0 amide bonds. The molecule has 0 aliphatic heterocycles. The van der Waals surface area contributed by atoms with Gasteiger partial charge in [0.2, 0.25) is 0 Å². The van der Waals surface area contributed by atoms with Crippen molar-refractivity contribution in [3.05, 3.63) is 47.8 Å². The first-order valence-corrected chi connectivity index (χ1v) is 6.18. The molecule has 18 heavy (non-hydrogen) atoms. The number of nitrogens with zero attached hydrogens (tertiary/aromatic N) is 1. The molecule has 0 aliphatic rings. The van der Waals surface area contributed by atoms with E-state index in [2.05, 4.69) is 21.6 Å². The Balaban J connectivity index is 1.92. The lowest BCUT2D eigenvalue weighted by Gasteiger charge is -2.14. The predicted molar refractivity (Wildman–Crippen MR) is 71.3 cm³/mol. The summed E-state index contributed by atoms with van der Waals surface area (Å²) in [4.78, 5) is 0. The van der Waals surface area contributed by atoms with Crippen LogP contribution in [0.3, 0.4) is 0 Å². The fraction of sp³-hybridized carbons (Fsp3) is 0.357. The first kappa shape index (κ1) is 12.6. The molecule has 0 bridgehead atoms. The minimum absolute atomic E-state index is 0.194. The van der Waals surface area contributed by atoms with Gasteiger partial charge in [0.05, 0.1) is 12.3 Å². The van der Waals surface area contributed by atoms with Crippen LogP contribution in [0.2, 0.25) is 0 Å². The van der Waals surface area contributed by atoms with Gasteiger partial charge in [-0.1, -0.05) is 18.2 Å². The first-order chi connectivity index (χ1) is 8.75. The fourth-order valence-corrected chi connectivity index (χ4v) is 1.73. The van der Waals surface area contributed by atoms with Crippen LogP contribution in [-0.4, -0.2) is 16.3 Å². The second kappa shape index (κ2) is 6.21. The monoisotopic (exact) mass is 245 g/mol. The van der Waals surface area contributed by atoms with Gasteiger partial charge < -0.3 is 10.1 Å². The molecule has 2 N–H and O–H groups in total. The SMILES string of the molecule is CC(C)Oc1ccccc1CNCc1cn[nH]c1. The van der Waals surface area contributed by atoms with Crippen molar-refractivity contribution in [3.8, 4) is 5.75 Å². The molecule has 1 aromatic heterocycles. The highest BCUT2D eigenvalue weighted by Gasteiger charge is 2.04. The van der Waals surface area contributed by atoms with E-state index in [0.717, 1.165) is 24.4 Å². The molecule has 0 radical (unpaired) electrons. The van der Waals surface area contributed by atoms with E-state index in [4.69, 9.17) is 4.74 Å². The molecule has 96 valence electrons. The van der Waals surface area contributed by atoms with Gasteiger partial charge in [0.1, 0.15) is 5.75 Å². The highest BCUT2D eigenvalue weighted by molar-refractivity contribution is 5.33. The quantitative estimate of drug-likeness (QED) is 0.822. The van der Waals surface area contributed by atoms with Gasteiger partial charge in [0, 0.05) is 30.4 Å². The molecular weight excluding hydrogens is 226 g/mol. The maximum Gasteiger partial charge on any atom is 0.124 e. The third kappa shape index (κ3) is 3.60. The third-order valence-corrected chi connectivity index (χ3v) is 2.53. The summed E-state index contributed by atoms with van der Waals surface area (Å²) in [7, 11) is 0. The molecule has 0 spiro atoms. The molecule has 2 rings (SSSR count). The number of para-hydroxylation sites is 1. The van der Waals surface area contributed by atoms with Gasteiger partial charge in [-0.2, -0.15) is 5.10 Å². The number of nitrogens with one attached hydrogen (secondary N) is 2.